The average Bonchev–Trinajstić information content (AvgIpc) is 2.41. The fourth-order valence-electron chi connectivity index (χ4n) is 2.48. The molecule has 4 heteroatoms. The molecule has 2 rings (SSSR count). The molecule has 3 nitrogen and oxygen atoms in total. The van der Waals surface area contributed by atoms with Gasteiger partial charge in [0.1, 0.15) is 18.5 Å². The van der Waals surface area contributed by atoms with E-state index in [-0.39, 0.29) is 0 Å². The Bertz CT molecular complexity index is 382. The van der Waals surface area contributed by atoms with Crippen LogP contribution in [-0.2, 0) is 0 Å². The van der Waals surface area contributed by atoms with E-state index in [2.05, 4.69) is 27.8 Å². The number of β-amino-alcohol motifs (C(OH)–C–C–N with tert-alkyl or cyclic N) is 1. The number of hydrogen-bond donors (Lipinski definition) is 1. The monoisotopic (exact) mass is 327 g/mol. The van der Waals surface area contributed by atoms with Gasteiger partial charge in [0.05, 0.1) is 0 Å². The molecule has 1 heterocycles. The van der Waals surface area contributed by atoms with Crippen LogP contribution >= 0.6 is 15.9 Å². The number of ether oxygens (including phenoxy) is 1. The summed E-state index contributed by atoms with van der Waals surface area (Å²) in [5, 5.41) is 10.1. The fourth-order valence-corrected chi connectivity index (χ4v) is 2.74. The van der Waals surface area contributed by atoms with E-state index in [0.717, 1.165) is 16.8 Å². The van der Waals surface area contributed by atoms with Crippen molar-refractivity contribution in [2.75, 3.05) is 19.7 Å². The molecular weight excluding hydrogens is 306 g/mol. The van der Waals surface area contributed by atoms with Crippen LogP contribution in [0, 0.1) is 0 Å². The van der Waals surface area contributed by atoms with E-state index in [9.17, 15) is 5.11 Å². The van der Waals surface area contributed by atoms with Gasteiger partial charge in [-0.2, -0.15) is 0 Å². The molecule has 0 spiro atoms. The molecule has 0 bridgehead atoms. The summed E-state index contributed by atoms with van der Waals surface area (Å²) in [5.41, 5.74) is 0. The Morgan fingerprint density at radius 1 is 1.37 bits per heavy atom. The lowest BCUT2D eigenvalue weighted by atomic mass is 10.0. The first kappa shape index (κ1) is 14.8. The molecule has 0 unspecified atom stereocenters. The molecule has 1 aromatic carbocycles. The van der Waals surface area contributed by atoms with Gasteiger partial charge in [0.25, 0.3) is 0 Å². The molecule has 1 saturated heterocycles. The van der Waals surface area contributed by atoms with Gasteiger partial charge in [0.15, 0.2) is 0 Å². The van der Waals surface area contributed by atoms with E-state index >= 15 is 0 Å². The molecule has 0 amide bonds. The number of aliphatic hydroxyl groups excluding tert-OH is 1. The van der Waals surface area contributed by atoms with Crippen LogP contribution in [0.25, 0.3) is 0 Å². The van der Waals surface area contributed by atoms with Crippen LogP contribution in [0.15, 0.2) is 28.7 Å². The lowest BCUT2D eigenvalue weighted by Crippen LogP contribution is -2.43. The second-order valence-corrected chi connectivity index (χ2v) is 6.17. The van der Waals surface area contributed by atoms with Gasteiger partial charge in [-0.05, 0) is 50.6 Å². The molecule has 2 atom stereocenters. The number of benzene rings is 1. The molecule has 1 N–H and O–H groups in total. The minimum absolute atomic E-state index is 0.352. The van der Waals surface area contributed by atoms with Crippen molar-refractivity contribution in [1.82, 2.24) is 4.90 Å². The summed E-state index contributed by atoms with van der Waals surface area (Å²) in [7, 11) is 0. The lowest BCUT2D eigenvalue weighted by molar-refractivity contribution is 0.0438. The minimum Gasteiger partial charge on any atom is -0.491 e. The van der Waals surface area contributed by atoms with Crippen LogP contribution in [0.3, 0.4) is 0 Å². The van der Waals surface area contributed by atoms with Crippen molar-refractivity contribution in [3.63, 3.8) is 0 Å². The Morgan fingerprint density at radius 3 is 2.79 bits per heavy atom. The number of aliphatic hydroxyl groups is 1. The third kappa shape index (κ3) is 4.79. The fraction of sp³-hybridized carbons (Fsp3) is 0.600. The van der Waals surface area contributed by atoms with Crippen molar-refractivity contribution in [2.45, 2.75) is 38.3 Å². The molecule has 106 valence electrons. The van der Waals surface area contributed by atoms with Crippen molar-refractivity contribution in [2.24, 2.45) is 0 Å². The quantitative estimate of drug-likeness (QED) is 0.902. The normalized spacial score (nSPS) is 22.2. The maximum absolute atomic E-state index is 10.1. The number of nitrogens with zero attached hydrogens (tertiary/aromatic N) is 1. The summed E-state index contributed by atoms with van der Waals surface area (Å²) >= 11 is 3.39. The van der Waals surface area contributed by atoms with E-state index in [1.807, 2.05) is 24.3 Å². The highest BCUT2D eigenvalue weighted by Gasteiger charge is 2.20. The van der Waals surface area contributed by atoms with Crippen molar-refractivity contribution in [3.8, 4) is 5.75 Å². The maximum atomic E-state index is 10.1. The summed E-state index contributed by atoms with van der Waals surface area (Å²) in [6.45, 7) is 4.39. The first-order valence-electron chi connectivity index (χ1n) is 6.95. The zero-order valence-electron chi connectivity index (χ0n) is 11.4. The predicted octanol–water partition coefficient (Wildman–Crippen LogP) is 3.06. The van der Waals surface area contributed by atoms with Gasteiger partial charge in [-0.1, -0.05) is 22.4 Å². The highest BCUT2D eigenvalue weighted by Crippen LogP contribution is 2.18. The van der Waals surface area contributed by atoms with Gasteiger partial charge in [0.2, 0.25) is 0 Å². The topological polar surface area (TPSA) is 32.7 Å². The minimum atomic E-state index is -0.427. The first-order valence-corrected chi connectivity index (χ1v) is 7.75. The standard InChI is InChI=1S/C15H22BrNO2/c1-12-4-2-3-9-17(12)10-14(18)11-19-15-7-5-13(16)6-8-15/h5-8,12,14,18H,2-4,9-11H2,1H3/t12-,14+/m1/s1. The highest BCUT2D eigenvalue weighted by atomic mass is 79.9. The summed E-state index contributed by atoms with van der Waals surface area (Å²) < 4.78 is 6.63. The number of hydrogen-bond acceptors (Lipinski definition) is 3. The molecule has 1 aliphatic rings. The molecule has 1 aliphatic heterocycles. The second-order valence-electron chi connectivity index (χ2n) is 5.26. The highest BCUT2D eigenvalue weighted by molar-refractivity contribution is 9.10. The summed E-state index contributed by atoms with van der Waals surface area (Å²) in [4.78, 5) is 2.36. The molecule has 0 radical (unpaired) electrons. The summed E-state index contributed by atoms with van der Waals surface area (Å²) in [6.07, 6.45) is 3.36. The second kappa shape index (κ2) is 7.27. The van der Waals surface area contributed by atoms with E-state index in [1.165, 1.54) is 19.3 Å². The molecule has 1 fully saturated rings. The van der Waals surface area contributed by atoms with Gasteiger partial charge in [0, 0.05) is 17.1 Å². The van der Waals surface area contributed by atoms with Gasteiger partial charge < -0.3 is 9.84 Å². The van der Waals surface area contributed by atoms with Gasteiger partial charge in [-0.15, -0.1) is 0 Å². The number of likely N-dealkylation sites (tertiary alicyclic amines) is 1. The molecule has 19 heavy (non-hydrogen) atoms. The third-order valence-electron chi connectivity index (χ3n) is 3.64. The third-order valence-corrected chi connectivity index (χ3v) is 4.17. The van der Waals surface area contributed by atoms with Crippen LogP contribution in [0.5, 0.6) is 5.75 Å². The van der Waals surface area contributed by atoms with E-state index in [4.69, 9.17) is 4.74 Å². The average molecular weight is 328 g/mol. The zero-order chi connectivity index (χ0) is 13.7. The Morgan fingerprint density at radius 2 is 2.11 bits per heavy atom. The first-order chi connectivity index (χ1) is 9.15. The molecule has 0 saturated carbocycles. The SMILES string of the molecule is C[C@@H]1CCCCN1C[C@H](O)COc1ccc(Br)cc1. The Kier molecular flexibility index (Phi) is 5.67. The van der Waals surface area contributed by atoms with Crippen LogP contribution < -0.4 is 4.74 Å². The van der Waals surface area contributed by atoms with Crippen molar-refractivity contribution in [1.29, 1.82) is 0 Å². The maximum Gasteiger partial charge on any atom is 0.119 e. The van der Waals surface area contributed by atoms with Crippen LogP contribution in [0.2, 0.25) is 0 Å². The van der Waals surface area contributed by atoms with E-state index in [0.29, 0.717) is 19.2 Å². The van der Waals surface area contributed by atoms with Crippen LogP contribution in [0.4, 0.5) is 0 Å². The Balaban J connectivity index is 1.74. The van der Waals surface area contributed by atoms with E-state index < -0.39 is 6.10 Å². The number of piperidine rings is 1. The van der Waals surface area contributed by atoms with Gasteiger partial charge >= 0.3 is 0 Å². The predicted molar refractivity (Wildman–Crippen MR) is 80.5 cm³/mol. The van der Waals surface area contributed by atoms with Gasteiger partial charge in [-0.3, -0.25) is 4.90 Å². The Hall–Kier alpha value is -0.580. The molecular formula is C15H22BrNO2. The molecule has 0 aromatic heterocycles. The molecule has 1 aromatic rings. The molecule has 0 aliphatic carbocycles. The van der Waals surface area contributed by atoms with E-state index in [1.54, 1.807) is 0 Å². The van der Waals surface area contributed by atoms with Crippen molar-refractivity contribution in [3.05, 3.63) is 28.7 Å². The Labute approximate surface area is 123 Å². The summed E-state index contributed by atoms with van der Waals surface area (Å²) in [6, 6.07) is 8.26. The van der Waals surface area contributed by atoms with Crippen molar-refractivity contribution < 1.29 is 9.84 Å². The number of rotatable bonds is 5. The van der Waals surface area contributed by atoms with Crippen molar-refractivity contribution >= 4 is 15.9 Å². The van der Waals surface area contributed by atoms with Crippen LogP contribution in [-0.4, -0.2) is 41.8 Å². The van der Waals surface area contributed by atoms with Gasteiger partial charge in [-0.25, -0.2) is 0 Å². The smallest absolute Gasteiger partial charge is 0.119 e. The van der Waals surface area contributed by atoms with Crippen LogP contribution in [0.1, 0.15) is 26.2 Å². The zero-order valence-corrected chi connectivity index (χ0v) is 13.0. The lowest BCUT2D eigenvalue weighted by Gasteiger charge is -2.34. The largest absolute Gasteiger partial charge is 0.491 e. The summed E-state index contributed by atoms with van der Waals surface area (Å²) in [5.74, 6) is 0.800. The number of halogens is 1.